The molecule has 1 saturated carbocycles. The molecule has 1 amide bonds. The second-order valence-electron chi connectivity index (χ2n) is 7.72. The molecule has 0 saturated heterocycles. The summed E-state index contributed by atoms with van der Waals surface area (Å²) in [6, 6.07) is 8.59. The van der Waals surface area contributed by atoms with E-state index in [4.69, 9.17) is 4.74 Å². The van der Waals surface area contributed by atoms with Crippen LogP contribution in [0.2, 0.25) is 0 Å². The Hall–Kier alpha value is -2.44. The van der Waals surface area contributed by atoms with Crippen molar-refractivity contribution in [1.82, 2.24) is 5.32 Å². The third-order valence-electron chi connectivity index (χ3n) is 5.33. The molecule has 1 aromatic rings. The number of carbonyl (C=O) groups excluding carboxylic acids is 2. The summed E-state index contributed by atoms with van der Waals surface area (Å²) in [6.07, 6.45) is 0.684. The van der Waals surface area contributed by atoms with E-state index in [0.29, 0.717) is 0 Å². The van der Waals surface area contributed by atoms with Crippen LogP contribution in [-0.4, -0.2) is 35.5 Å². The molecule has 0 aromatic heterocycles. The van der Waals surface area contributed by atoms with Crippen molar-refractivity contribution < 1.29 is 19.2 Å². The van der Waals surface area contributed by atoms with Gasteiger partial charge in [0.2, 0.25) is 11.9 Å². The van der Waals surface area contributed by atoms with Crippen LogP contribution in [0.1, 0.15) is 45.6 Å². The second kappa shape index (κ2) is 7.43. The first-order valence-corrected chi connectivity index (χ1v) is 8.67. The summed E-state index contributed by atoms with van der Waals surface area (Å²) < 4.78 is 4.74. The molecule has 26 heavy (non-hydrogen) atoms. The zero-order valence-corrected chi connectivity index (χ0v) is 15.7. The Morgan fingerprint density at radius 3 is 2.38 bits per heavy atom. The highest BCUT2D eigenvalue weighted by Gasteiger charge is 2.59. The molecule has 1 aliphatic rings. The van der Waals surface area contributed by atoms with Crippen molar-refractivity contribution in [2.75, 3.05) is 7.11 Å². The fourth-order valence-electron chi connectivity index (χ4n) is 3.92. The third-order valence-corrected chi connectivity index (χ3v) is 5.33. The van der Waals surface area contributed by atoms with Crippen LogP contribution in [0.5, 0.6) is 0 Å². The van der Waals surface area contributed by atoms with Gasteiger partial charge >= 0.3 is 5.97 Å². The van der Waals surface area contributed by atoms with Crippen molar-refractivity contribution in [3.8, 4) is 0 Å². The Morgan fingerprint density at radius 2 is 1.92 bits per heavy atom. The van der Waals surface area contributed by atoms with Crippen LogP contribution >= 0.6 is 0 Å². The lowest BCUT2D eigenvalue weighted by Crippen LogP contribution is -2.67. The molecular weight excluding hydrogens is 336 g/mol. The topological polar surface area (TPSA) is 98.5 Å². The van der Waals surface area contributed by atoms with Crippen molar-refractivity contribution in [2.24, 2.45) is 5.92 Å². The molecule has 0 bridgehead atoms. The van der Waals surface area contributed by atoms with Gasteiger partial charge in [0.25, 0.3) is 0 Å². The molecule has 0 spiro atoms. The van der Waals surface area contributed by atoms with Crippen LogP contribution in [0.3, 0.4) is 0 Å². The minimum atomic E-state index is -1.03. The Labute approximate surface area is 153 Å². The highest BCUT2D eigenvalue weighted by Crippen LogP contribution is 2.45. The molecule has 1 aliphatic carbocycles. The van der Waals surface area contributed by atoms with Crippen LogP contribution < -0.4 is 5.32 Å². The molecule has 1 aromatic carbocycles. The zero-order valence-electron chi connectivity index (χ0n) is 15.7. The van der Waals surface area contributed by atoms with Crippen molar-refractivity contribution in [3.63, 3.8) is 0 Å². The lowest BCUT2D eigenvalue weighted by Gasteiger charge is -2.48. The van der Waals surface area contributed by atoms with Gasteiger partial charge in [0.05, 0.1) is 13.0 Å². The first kappa shape index (κ1) is 19.9. The highest BCUT2D eigenvalue weighted by molar-refractivity contribution is 5.77. The Bertz CT molecular complexity index is 680. The van der Waals surface area contributed by atoms with Gasteiger partial charge in [-0.1, -0.05) is 44.2 Å². The van der Waals surface area contributed by atoms with E-state index in [-0.39, 0.29) is 30.1 Å². The summed E-state index contributed by atoms with van der Waals surface area (Å²) in [5.41, 5.74) is -0.491. The average molecular weight is 362 g/mol. The number of nitrogens with zero attached hydrogens (tertiary/aromatic N) is 1. The second-order valence-corrected chi connectivity index (χ2v) is 7.72. The van der Waals surface area contributed by atoms with Crippen molar-refractivity contribution in [3.05, 3.63) is 46.0 Å². The van der Waals surface area contributed by atoms with Gasteiger partial charge in [-0.25, -0.2) is 0 Å². The quantitative estimate of drug-likeness (QED) is 0.456. The van der Waals surface area contributed by atoms with Crippen LogP contribution in [0.15, 0.2) is 30.3 Å². The van der Waals surface area contributed by atoms with Crippen LogP contribution in [0.25, 0.3) is 0 Å². The Kier molecular flexibility index (Phi) is 5.68. The zero-order chi connectivity index (χ0) is 19.5. The lowest BCUT2D eigenvalue weighted by molar-refractivity contribution is -0.541. The number of esters is 1. The number of amides is 1. The standard InChI is InChI=1S/C19H26N2O5/c1-13(22)20-19(10-14(11-19)17(23)26-4)16(21(24)25)12-18(2,3)15-8-6-5-7-9-15/h5-9,14,16H,10-12H2,1-4H3,(H,20,22). The van der Waals surface area contributed by atoms with E-state index < -0.39 is 28.9 Å². The first-order chi connectivity index (χ1) is 12.1. The number of hydrogen-bond acceptors (Lipinski definition) is 5. The van der Waals surface area contributed by atoms with E-state index in [0.717, 1.165) is 5.56 Å². The van der Waals surface area contributed by atoms with Crippen molar-refractivity contribution in [2.45, 2.75) is 57.0 Å². The summed E-state index contributed by atoms with van der Waals surface area (Å²) in [5.74, 6) is -1.15. The van der Waals surface area contributed by atoms with Crippen molar-refractivity contribution in [1.29, 1.82) is 0 Å². The number of rotatable bonds is 7. The summed E-state index contributed by atoms with van der Waals surface area (Å²) in [7, 11) is 1.30. The van der Waals surface area contributed by atoms with Gasteiger partial charge in [0.1, 0.15) is 5.54 Å². The fraction of sp³-hybridized carbons (Fsp3) is 0.579. The molecule has 2 rings (SSSR count). The normalized spacial score (nSPS) is 23.5. The molecule has 0 radical (unpaired) electrons. The summed E-state index contributed by atoms with van der Waals surface area (Å²) in [6.45, 7) is 5.25. The molecule has 7 heteroatoms. The number of nitrogens with one attached hydrogen (secondary N) is 1. The Morgan fingerprint density at radius 1 is 1.35 bits per heavy atom. The monoisotopic (exact) mass is 362 g/mol. The van der Waals surface area contributed by atoms with Gasteiger partial charge in [0.15, 0.2) is 0 Å². The van der Waals surface area contributed by atoms with Crippen LogP contribution in [0.4, 0.5) is 0 Å². The Balaban J connectivity index is 2.29. The molecule has 1 fully saturated rings. The molecular formula is C19H26N2O5. The van der Waals surface area contributed by atoms with Crippen molar-refractivity contribution >= 4 is 11.9 Å². The smallest absolute Gasteiger partial charge is 0.308 e. The van der Waals surface area contributed by atoms with Gasteiger partial charge in [-0.15, -0.1) is 0 Å². The van der Waals surface area contributed by atoms with Gasteiger partial charge < -0.3 is 10.1 Å². The number of hydrogen-bond donors (Lipinski definition) is 1. The first-order valence-electron chi connectivity index (χ1n) is 8.67. The van der Waals surface area contributed by atoms with E-state index in [9.17, 15) is 19.7 Å². The van der Waals surface area contributed by atoms with E-state index in [1.54, 1.807) is 0 Å². The number of methoxy groups -OCH3 is 1. The minimum Gasteiger partial charge on any atom is -0.469 e. The number of ether oxygens (including phenoxy) is 1. The van der Waals surface area contributed by atoms with E-state index in [1.165, 1.54) is 14.0 Å². The SMILES string of the molecule is COC(=O)C1CC(NC(C)=O)(C(CC(C)(C)c2ccccc2)[N+](=O)[O-])C1. The minimum absolute atomic E-state index is 0.218. The summed E-state index contributed by atoms with van der Waals surface area (Å²) >= 11 is 0. The number of carbonyl (C=O) groups is 2. The summed E-state index contributed by atoms with van der Waals surface area (Å²) in [4.78, 5) is 35.1. The average Bonchev–Trinajstić information content (AvgIpc) is 2.55. The molecule has 1 N–H and O–H groups in total. The van der Waals surface area contributed by atoms with E-state index in [1.807, 2.05) is 44.2 Å². The van der Waals surface area contributed by atoms with E-state index >= 15 is 0 Å². The van der Waals surface area contributed by atoms with Gasteiger partial charge in [0, 0.05) is 18.3 Å². The maximum atomic E-state index is 11.9. The number of benzene rings is 1. The lowest BCUT2D eigenvalue weighted by atomic mass is 9.61. The molecule has 0 heterocycles. The number of nitro groups is 1. The van der Waals surface area contributed by atoms with Crippen LogP contribution in [0, 0.1) is 16.0 Å². The van der Waals surface area contributed by atoms with Gasteiger partial charge in [-0.05, 0) is 23.8 Å². The van der Waals surface area contributed by atoms with Crippen LogP contribution in [-0.2, 0) is 19.7 Å². The third kappa shape index (κ3) is 4.03. The highest BCUT2D eigenvalue weighted by atomic mass is 16.6. The van der Waals surface area contributed by atoms with E-state index in [2.05, 4.69) is 5.32 Å². The van der Waals surface area contributed by atoms with Gasteiger partial charge in [-0.2, -0.15) is 0 Å². The van der Waals surface area contributed by atoms with Gasteiger partial charge in [-0.3, -0.25) is 19.7 Å². The molecule has 7 nitrogen and oxygen atoms in total. The maximum absolute atomic E-state index is 11.9. The molecule has 1 unspecified atom stereocenters. The fourth-order valence-corrected chi connectivity index (χ4v) is 3.92. The molecule has 142 valence electrons. The predicted molar refractivity (Wildman–Crippen MR) is 96.2 cm³/mol. The summed E-state index contributed by atoms with van der Waals surface area (Å²) in [5, 5.41) is 14.7. The predicted octanol–water partition coefficient (Wildman–Crippen LogP) is 2.46. The maximum Gasteiger partial charge on any atom is 0.308 e. The molecule has 0 aliphatic heterocycles. The largest absolute Gasteiger partial charge is 0.469 e. The molecule has 1 atom stereocenters.